The van der Waals surface area contributed by atoms with E-state index in [-0.39, 0.29) is 17.9 Å². The van der Waals surface area contributed by atoms with E-state index in [2.05, 4.69) is 10.6 Å². The highest BCUT2D eigenvalue weighted by Gasteiger charge is 2.29. The Labute approximate surface area is 195 Å². The van der Waals surface area contributed by atoms with Gasteiger partial charge < -0.3 is 20.5 Å². The number of rotatable bonds is 6. The van der Waals surface area contributed by atoms with Crippen LogP contribution in [0, 0.1) is 11.7 Å². The van der Waals surface area contributed by atoms with Gasteiger partial charge in [0.25, 0.3) is 0 Å². The summed E-state index contributed by atoms with van der Waals surface area (Å²) in [6.45, 7) is 0. The number of ketones is 1. The number of benzene rings is 3. The van der Waals surface area contributed by atoms with Gasteiger partial charge in [-0.2, -0.15) is 0 Å². The highest BCUT2D eigenvalue weighted by molar-refractivity contribution is 6.02. The molecule has 4 rings (SSSR count). The molecule has 0 saturated carbocycles. The van der Waals surface area contributed by atoms with Gasteiger partial charge in [0.15, 0.2) is 5.78 Å². The normalized spacial score (nSPS) is 14.8. The number of methoxy groups -OCH3 is 1. The molecule has 3 aromatic rings. The molecule has 3 aromatic carbocycles. The van der Waals surface area contributed by atoms with Gasteiger partial charge in [0.1, 0.15) is 11.6 Å². The molecular formula is C26H23FN2O5. The number of nitrogens with one attached hydrogen (secondary N) is 2. The van der Waals surface area contributed by atoms with Crippen molar-refractivity contribution in [3.8, 4) is 16.9 Å². The number of halogens is 1. The number of hydrogen-bond acceptors (Lipinski definition) is 4. The molecule has 1 aliphatic carbocycles. The Morgan fingerprint density at radius 1 is 1.06 bits per heavy atom. The van der Waals surface area contributed by atoms with Crippen molar-refractivity contribution in [3.05, 3.63) is 77.6 Å². The van der Waals surface area contributed by atoms with Gasteiger partial charge in [-0.1, -0.05) is 30.3 Å². The average molecular weight is 462 g/mol. The van der Waals surface area contributed by atoms with Crippen LogP contribution >= 0.6 is 0 Å². The van der Waals surface area contributed by atoms with Gasteiger partial charge in [-0.3, -0.25) is 9.59 Å². The standard InChI is InChI=1S/C26H23FN2O5/c1-34-20-4-2-3-19(14-20)28-26(33)29-23-10-8-16(12-22(23)27)15-7-9-21-17(11-15)5-6-18(25(21)32)13-24(30)31/h2-4,7-12,14,18H,5-6,13H2,1H3,(H,30,31)(H2,28,29,33). The molecule has 174 valence electrons. The lowest BCUT2D eigenvalue weighted by Crippen LogP contribution is -2.24. The van der Waals surface area contributed by atoms with E-state index in [1.165, 1.54) is 19.2 Å². The maximum absolute atomic E-state index is 14.8. The summed E-state index contributed by atoms with van der Waals surface area (Å²) in [7, 11) is 1.52. The van der Waals surface area contributed by atoms with E-state index < -0.39 is 23.7 Å². The van der Waals surface area contributed by atoms with Crippen molar-refractivity contribution in [3.63, 3.8) is 0 Å². The van der Waals surface area contributed by atoms with Gasteiger partial charge in [0.05, 0.1) is 19.2 Å². The Hall–Kier alpha value is -4.20. The second-order valence-electron chi connectivity index (χ2n) is 8.08. The number of aliphatic carboxylic acids is 1. The van der Waals surface area contributed by atoms with Crippen LogP contribution < -0.4 is 15.4 Å². The summed E-state index contributed by atoms with van der Waals surface area (Å²) < 4.78 is 19.9. The van der Waals surface area contributed by atoms with E-state index in [0.717, 1.165) is 11.1 Å². The zero-order valence-corrected chi connectivity index (χ0v) is 18.4. The molecule has 7 nitrogen and oxygen atoms in total. The largest absolute Gasteiger partial charge is 0.497 e. The topological polar surface area (TPSA) is 105 Å². The summed E-state index contributed by atoms with van der Waals surface area (Å²) >= 11 is 0. The van der Waals surface area contributed by atoms with E-state index in [4.69, 9.17) is 9.84 Å². The van der Waals surface area contributed by atoms with E-state index in [9.17, 15) is 18.8 Å². The second-order valence-corrected chi connectivity index (χ2v) is 8.08. The molecule has 2 amide bonds. The van der Waals surface area contributed by atoms with Gasteiger partial charge in [0.2, 0.25) is 0 Å². The van der Waals surface area contributed by atoms with Crippen LogP contribution in [0.25, 0.3) is 11.1 Å². The van der Waals surface area contributed by atoms with Crippen molar-refractivity contribution >= 4 is 29.2 Å². The number of aryl methyl sites for hydroxylation is 1. The second kappa shape index (κ2) is 9.74. The fraction of sp³-hybridized carbons (Fsp3) is 0.192. The van der Waals surface area contributed by atoms with Crippen LogP contribution in [0.2, 0.25) is 0 Å². The number of amides is 2. The molecule has 0 aliphatic heterocycles. The number of carbonyl (C=O) groups is 3. The predicted octanol–water partition coefficient (Wildman–Crippen LogP) is 5.37. The van der Waals surface area contributed by atoms with Gasteiger partial charge in [-0.15, -0.1) is 0 Å². The maximum atomic E-state index is 14.8. The zero-order chi connectivity index (χ0) is 24.2. The maximum Gasteiger partial charge on any atom is 0.323 e. The van der Waals surface area contributed by atoms with Crippen molar-refractivity contribution in [1.82, 2.24) is 0 Å². The smallest absolute Gasteiger partial charge is 0.323 e. The molecule has 0 radical (unpaired) electrons. The monoisotopic (exact) mass is 462 g/mol. The number of carbonyl (C=O) groups excluding carboxylic acids is 2. The molecule has 3 N–H and O–H groups in total. The first kappa shape index (κ1) is 23.0. The zero-order valence-electron chi connectivity index (χ0n) is 18.4. The molecule has 0 saturated heterocycles. The third-order valence-electron chi connectivity index (χ3n) is 5.80. The molecular weight excluding hydrogens is 439 g/mol. The van der Waals surface area contributed by atoms with Crippen molar-refractivity contribution in [2.45, 2.75) is 19.3 Å². The molecule has 1 unspecified atom stereocenters. The summed E-state index contributed by atoms with van der Waals surface area (Å²) in [5.41, 5.74) is 3.20. The molecule has 1 aliphatic rings. The van der Waals surface area contributed by atoms with E-state index in [0.29, 0.717) is 35.4 Å². The minimum Gasteiger partial charge on any atom is -0.497 e. The third kappa shape index (κ3) is 5.06. The van der Waals surface area contributed by atoms with Gasteiger partial charge >= 0.3 is 12.0 Å². The first-order chi connectivity index (χ1) is 16.3. The van der Waals surface area contributed by atoms with Crippen LogP contribution in [0.3, 0.4) is 0 Å². The predicted molar refractivity (Wildman–Crippen MR) is 126 cm³/mol. The molecule has 0 spiro atoms. The Balaban J connectivity index is 1.47. The first-order valence-corrected chi connectivity index (χ1v) is 10.7. The fourth-order valence-electron chi connectivity index (χ4n) is 4.09. The van der Waals surface area contributed by atoms with Crippen LogP contribution in [-0.2, 0) is 11.2 Å². The van der Waals surface area contributed by atoms with Crippen molar-refractivity contribution < 1.29 is 28.6 Å². The lowest BCUT2D eigenvalue weighted by molar-refractivity contribution is -0.137. The van der Waals surface area contributed by atoms with Crippen LogP contribution in [0.1, 0.15) is 28.8 Å². The summed E-state index contributed by atoms with van der Waals surface area (Å²) in [4.78, 5) is 35.9. The van der Waals surface area contributed by atoms with Crippen LogP contribution in [-0.4, -0.2) is 30.0 Å². The lowest BCUT2D eigenvalue weighted by Gasteiger charge is -2.22. The number of Topliss-reactive ketones (excluding diaryl/α,β-unsaturated/α-hetero) is 1. The van der Waals surface area contributed by atoms with Gasteiger partial charge in [-0.05, 0) is 53.8 Å². The lowest BCUT2D eigenvalue weighted by atomic mass is 9.80. The highest BCUT2D eigenvalue weighted by atomic mass is 19.1. The van der Waals surface area contributed by atoms with E-state index in [1.54, 1.807) is 42.5 Å². The number of urea groups is 1. The SMILES string of the molecule is COc1cccc(NC(=O)Nc2ccc(-c3ccc4c(c3)CCC(CC(=O)O)C4=O)cc2F)c1. The summed E-state index contributed by atoms with van der Waals surface area (Å²) in [5.74, 6) is -1.68. The quantitative estimate of drug-likeness (QED) is 0.457. The molecule has 0 fully saturated rings. The minimum absolute atomic E-state index is 0.0220. The van der Waals surface area contributed by atoms with Crippen LogP contribution in [0.4, 0.5) is 20.6 Å². The number of carboxylic acids is 1. The Bertz CT molecular complexity index is 1270. The van der Waals surface area contributed by atoms with Gasteiger partial charge in [0, 0.05) is 23.2 Å². The number of anilines is 2. The van der Waals surface area contributed by atoms with Crippen LogP contribution in [0.5, 0.6) is 5.75 Å². The van der Waals surface area contributed by atoms with Gasteiger partial charge in [-0.25, -0.2) is 9.18 Å². The molecule has 34 heavy (non-hydrogen) atoms. The number of hydrogen-bond donors (Lipinski definition) is 3. The third-order valence-corrected chi connectivity index (χ3v) is 5.80. The fourth-order valence-corrected chi connectivity index (χ4v) is 4.09. The minimum atomic E-state index is -0.986. The summed E-state index contributed by atoms with van der Waals surface area (Å²) in [6.07, 6.45) is 0.881. The molecule has 0 heterocycles. The summed E-state index contributed by atoms with van der Waals surface area (Å²) in [5, 5.41) is 14.1. The molecule has 1 atom stereocenters. The average Bonchev–Trinajstić information content (AvgIpc) is 2.82. The molecule has 0 aromatic heterocycles. The van der Waals surface area contributed by atoms with Crippen molar-refractivity contribution in [2.75, 3.05) is 17.7 Å². The Morgan fingerprint density at radius 3 is 2.56 bits per heavy atom. The highest BCUT2D eigenvalue weighted by Crippen LogP contribution is 2.32. The van der Waals surface area contributed by atoms with Crippen molar-refractivity contribution in [2.24, 2.45) is 5.92 Å². The number of ether oxygens (including phenoxy) is 1. The Morgan fingerprint density at radius 2 is 1.82 bits per heavy atom. The van der Waals surface area contributed by atoms with Crippen molar-refractivity contribution in [1.29, 1.82) is 0 Å². The number of fused-ring (bicyclic) bond motifs is 1. The number of carboxylic acid groups (broad SMARTS) is 1. The first-order valence-electron chi connectivity index (χ1n) is 10.7. The van der Waals surface area contributed by atoms with Crippen LogP contribution in [0.15, 0.2) is 60.7 Å². The van der Waals surface area contributed by atoms with E-state index in [1.807, 2.05) is 6.07 Å². The van der Waals surface area contributed by atoms with E-state index >= 15 is 0 Å². The summed E-state index contributed by atoms with van der Waals surface area (Å²) in [6, 6.07) is 15.9. The Kier molecular flexibility index (Phi) is 6.58. The molecule has 8 heteroatoms. The molecule has 0 bridgehead atoms.